The van der Waals surface area contributed by atoms with Crippen molar-refractivity contribution in [2.24, 2.45) is 0 Å². The highest BCUT2D eigenvalue weighted by Gasteiger charge is 2.19. The van der Waals surface area contributed by atoms with E-state index in [1.165, 1.54) is 0 Å². The number of rotatable bonds is 2. The van der Waals surface area contributed by atoms with Crippen molar-refractivity contribution in [1.82, 2.24) is 4.57 Å². The number of benzene rings is 3. The van der Waals surface area contributed by atoms with E-state index in [2.05, 4.69) is 0 Å². The first-order valence-corrected chi connectivity index (χ1v) is 6.88. The topological polar surface area (TPSA) is 45.4 Å². The Morgan fingerprint density at radius 1 is 0.818 bits per heavy atom. The molecule has 0 bridgehead atoms. The van der Waals surface area contributed by atoms with E-state index >= 15 is 0 Å². The van der Waals surface area contributed by atoms with E-state index in [0.717, 1.165) is 21.8 Å². The Morgan fingerprint density at radius 2 is 1.36 bits per heavy atom. The monoisotopic (exact) mass is 291 g/mol. The van der Waals surface area contributed by atoms with Crippen LogP contribution in [0.5, 0.6) is 0 Å². The summed E-state index contributed by atoms with van der Waals surface area (Å²) in [5.74, 6) is 0. The third kappa shape index (κ3) is 1.85. The zero-order valence-electron chi connectivity index (χ0n) is 15.5. The summed E-state index contributed by atoms with van der Waals surface area (Å²) in [4.78, 5) is 0. The summed E-state index contributed by atoms with van der Waals surface area (Å²) in [6.07, 6.45) is 0. The molecule has 0 amide bonds. The SMILES string of the molecule is [2H]c1c([2H])c([2H])c(-n2c3ccccc3c3ccccc32)c(B(O)O)c1[2H]. The maximum absolute atomic E-state index is 9.86. The number of hydrogen-bond donors (Lipinski definition) is 2. The summed E-state index contributed by atoms with van der Waals surface area (Å²) < 4.78 is 34.0. The smallest absolute Gasteiger partial charge is 0.423 e. The van der Waals surface area contributed by atoms with Crippen LogP contribution in [0.1, 0.15) is 5.48 Å². The number of para-hydroxylation sites is 3. The highest BCUT2D eigenvalue weighted by atomic mass is 16.4. The third-order valence-corrected chi connectivity index (χ3v) is 3.76. The van der Waals surface area contributed by atoms with Crippen LogP contribution in [0.4, 0.5) is 0 Å². The Bertz CT molecular complexity index is 1120. The van der Waals surface area contributed by atoms with Gasteiger partial charge in [-0.2, -0.15) is 0 Å². The van der Waals surface area contributed by atoms with E-state index in [0.29, 0.717) is 0 Å². The molecule has 0 fully saturated rings. The van der Waals surface area contributed by atoms with Crippen LogP contribution in [0, 0.1) is 0 Å². The molecule has 2 N–H and O–H groups in total. The molecule has 4 heteroatoms. The molecule has 0 unspecified atom stereocenters. The van der Waals surface area contributed by atoms with Gasteiger partial charge in [-0.05, 0) is 18.2 Å². The van der Waals surface area contributed by atoms with Crippen molar-refractivity contribution in [3.8, 4) is 5.69 Å². The molecule has 0 aliphatic rings. The minimum Gasteiger partial charge on any atom is -0.423 e. The Hall–Kier alpha value is -2.56. The standard InChI is InChI=1S/C18H14BNO2/c21-19(22)15-9-3-6-12-18(15)20-16-10-4-1-7-13(16)14-8-2-5-11-17(14)20/h1-12,21-22H/i3D,6D,9D,12D. The molecule has 0 aliphatic heterocycles. The van der Waals surface area contributed by atoms with Crippen LogP contribution in [0.3, 0.4) is 0 Å². The van der Waals surface area contributed by atoms with E-state index in [1.807, 2.05) is 48.5 Å². The van der Waals surface area contributed by atoms with Gasteiger partial charge in [0.25, 0.3) is 0 Å². The Labute approximate surface area is 133 Å². The van der Waals surface area contributed by atoms with Crippen molar-refractivity contribution in [3.05, 3.63) is 72.7 Å². The van der Waals surface area contributed by atoms with Crippen molar-refractivity contribution in [2.45, 2.75) is 0 Å². The number of aromatic nitrogens is 1. The van der Waals surface area contributed by atoms with Gasteiger partial charge in [-0.3, -0.25) is 0 Å². The predicted molar refractivity (Wildman–Crippen MR) is 90.6 cm³/mol. The second-order valence-corrected chi connectivity index (χ2v) is 5.01. The largest absolute Gasteiger partial charge is 0.490 e. The Morgan fingerprint density at radius 3 is 1.95 bits per heavy atom. The highest BCUT2D eigenvalue weighted by Crippen LogP contribution is 2.31. The molecule has 1 aromatic heterocycles. The molecule has 0 aliphatic carbocycles. The minimum absolute atomic E-state index is 0.0448. The second-order valence-electron chi connectivity index (χ2n) is 5.01. The molecule has 3 nitrogen and oxygen atoms in total. The predicted octanol–water partition coefficient (Wildman–Crippen LogP) is 2.46. The summed E-state index contributed by atoms with van der Waals surface area (Å²) in [6, 6.07) is 13.3. The summed E-state index contributed by atoms with van der Waals surface area (Å²) in [5.41, 5.74) is 1.24. The van der Waals surface area contributed by atoms with Crippen LogP contribution in [0.25, 0.3) is 27.5 Å². The van der Waals surface area contributed by atoms with Gasteiger partial charge >= 0.3 is 7.12 Å². The second kappa shape index (κ2) is 5.02. The lowest BCUT2D eigenvalue weighted by Crippen LogP contribution is -2.33. The molecule has 3 aromatic carbocycles. The normalized spacial score (nSPS) is 13.7. The molecule has 0 saturated heterocycles. The van der Waals surface area contributed by atoms with Crippen molar-refractivity contribution in [2.75, 3.05) is 0 Å². The van der Waals surface area contributed by atoms with Gasteiger partial charge in [0, 0.05) is 21.9 Å². The molecule has 4 rings (SSSR count). The quantitative estimate of drug-likeness (QED) is 0.557. The lowest BCUT2D eigenvalue weighted by Gasteiger charge is -2.12. The molecule has 0 atom stereocenters. The Balaban J connectivity index is 2.28. The van der Waals surface area contributed by atoms with Gasteiger partial charge in [0.05, 0.1) is 16.5 Å². The average Bonchev–Trinajstić information content (AvgIpc) is 2.97. The molecule has 0 radical (unpaired) electrons. The van der Waals surface area contributed by atoms with Gasteiger partial charge < -0.3 is 14.6 Å². The van der Waals surface area contributed by atoms with Crippen molar-refractivity contribution in [1.29, 1.82) is 0 Å². The number of fused-ring (bicyclic) bond motifs is 3. The molecule has 106 valence electrons. The maximum Gasteiger partial charge on any atom is 0.490 e. The number of hydrogen-bond acceptors (Lipinski definition) is 2. The molecule has 0 spiro atoms. The number of nitrogens with zero attached hydrogens (tertiary/aromatic N) is 1. The van der Waals surface area contributed by atoms with Crippen LogP contribution < -0.4 is 5.46 Å². The van der Waals surface area contributed by atoms with E-state index in [4.69, 9.17) is 5.48 Å². The van der Waals surface area contributed by atoms with Crippen molar-refractivity contribution >= 4 is 34.4 Å². The lowest BCUT2D eigenvalue weighted by atomic mass is 9.79. The maximum atomic E-state index is 9.86. The first kappa shape index (κ1) is 9.46. The van der Waals surface area contributed by atoms with Gasteiger partial charge in [0.2, 0.25) is 0 Å². The summed E-state index contributed by atoms with van der Waals surface area (Å²) >= 11 is 0. The molecule has 0 saturated carbocycles. The minimum atomic E-state index is -2.04. The van der Waals surface area contributed by atoms with Gasteiger partial charge in [-0.15, -0.1) is 0 Å². The van der Waals surface area contributed by atoms with E-state index in [1.54, 1.807) is 4.57 Å². The first-order valence-electron chi connectivity index (χ1n) is 8.88. The molecule has 4 aromatic rings. The van der Waals surface area contributed by atoms with Gasteiger partial charge in [-0.1, -0.05) is 54.5 Å². The fourth-order valence-corrected chi connectivity index (χ4v) is 2.84. The zero-order valence-corrected chi connectivity index (χ0v) is 11.5. The van der Waals surface area contributed by atoms with Gasteiger partial charge in [-0.25, -0.2) is 0 Å². The van der Waals surface area contributed by atoms with Crippen LogP contribution in [-0.2, 0) is 0 Å². The van der Waals surface area contributed by atoms with E-state index in [-0.39, 0.29) is 17.2 Å². The van der Waals surface area contributed by atoms with Crippen LogP contribution in [0.15, 0.2) is 72.7 Å². The molecule has 22 heavy (non-hydrogen) atoms. The highest BCUT2D eigenvalue weighted by molar-refractivity contribution is 6.60. The molecular formula is C18H14BNO2. The fraction of sp³-hybridized carbons (Fsp3) is 0. The van der Waals surface area contributed by atoms with Crippen LogP contribution in [-0.4, -0.2) is 21.7 Å². The first-order chi connectivity index (χ1) is 12.4. The summed E-state index contributed by atoms with van der Waals surface area (Å²) in [6.45, 7) is 0. The van der Waals surface area contributed by atoms with Crippen molar-refractivity contribution < 1.29 is 15.5 Å². The summed E-state index contributed by atoms with van der Waals surface area (Å²) in [5, 5.41) is 21.5. The summed E-state index contributed by atoms with van der Waals surface area (Å²) in [7, 11) is -2.04. The van der Waals surface area contributed by atoms with Crippen LogP contribution in [0.2, 0.25) is 0 Å². The average molecular weight is 291 g/mol. The van der Waals surface area contributed by atoms with Crippen molar-refractivity contribution in [3.63, 3.8) is 0 Å². The van der Waals surface area contributed by atoms with Gasteiger partial charge in [0.1, 0.15) is 0 Å². The third-order valence-electron chi connectivity index (χ3n) is 3.76. The lowest BCUT2D eigenvalue weighted by molar-refractivity contribution is 0.425. The van der Waals surface area contributed by atoms with Gasteiger partial charge in [0.15, 0.2) is 0 Å². The molecule has 1 heterocycles. The van der Waals surface area contributed by atoms with Crippen LogP contribution >= 0.6 is 0 Å². The Kier molecular flexibility index (Phi) is 2.16. The van der Waals surface area contributed by atoms with E-state index in [9.17, 15) is 10.0 Å². The zero-order chi connectivity index (χ0) is 18.6. The molecular weight excluding hydrogens is 273 g/mol. The fourth-order valence-electron chi connectivity index (χ4n) is 2.84. The van der Waals surface area contributed by atoms with E-state index < -0.39 is 25.2 Å².